The molecule has 104 valence electrons. The smallest absolute Gasteiger partial charge is 0.181 e. The second-order valence-electron chi connectivity index (χ2n) is 4.13. The molecule has 2 aromatic carbocycles. The maximum Gasteiger partial charge on any atom is 0.181 e. The number of hydrogen-bond acceptors (Lipinski definition) is 3. The molecule has 0 fully saturated rings. The summed E-state index contributed by atoms with van der Waals surface area (Å²) in [6, 6.07) is 12.6. The van der Waals surface area contributed by atoms with E-state index in [2.05, 4.69) is 21.2 Å². The molecule has 0 radical (unpaired) electrons. The fourth-order valence-electron chi connectivity index (χ4n) is 1.69. The summed E-state index contributed by atoms with van der Waals surface area (Å²) in [6.07, 6.45) is 0. The molecule has 0 aromatic heterocycles. The Bertz CT molecular complexity index is 614. The average molecular weight is 355 g/mol. The van der Waals surface area contributed by atoms with E-state index in [0.717, 1.165) is 10.2 Å². The van der Waals surface area contributed by atoms with Gasteiger partial charge in [0.05, 0.1) is 18.7 Å². The Balaban J connectivity index is 2.01. The van der Waals surface area contributed by atoms with E-state index in [0.29, 0.717) is 16.3 Å². The number of Topliss-reactive ketones (excluding diaryl/α,β-unsaturated/α-hetero) is 1. The maximum absolute atomic E-state index is 12.1. The Morgan fingerprint density at radius 3 is 2.55 bits per heavy atom. The second kappa shape index (κ2) is 6.77. The average Bonchev–Trinajstić information content (AvgIpc) is 2.46. The van der Waals surface area contributed by atoms with Gasteiger partial charge >= 0.3 is 0 Å². The fraction of sp³-hybridized carbons (Fsp3) is 0.133. The first-order chi connectivity index (χ1) is 9.60. The van der Waals surface area contributed by atoms with Crippen LogP contribution in [0.25, 0.3) is 0 Å². The van der Waals surface area contributed by atoms with E-state index in [1.54, 1.807) is 18.2 Å². The molecule has 0 aliphatic carbocycles. The van der Waals surface area contributed by atoms with Crippen LogP contribution < -0.4 is 10.1 Å². The summed E-state index contributed by atoms with van der Waals surface area (Å²) in [5.41, 5.74) is 1.45. The van der Waals surface area contributed by atoms with Crippen LogP contribution in [0.3, 0.4) is 0 Å². The maximum atomic E-state index is 12.1. The molecule has 0 saturated carbocycles. The van der Waals surface area contributed by atoms with Crippen molar-refractivity contribution in [1.82, 2.24) is 0 Å². The molecule has 0 aliphatic heterocycles. The lowest BCUT2D eigenvalue weighted by atomic mass is 10.1. The van der Waals surface area contributed by atoms with Crippen molar-refractivity contribution in [3.8, 4) is 5.75 Å². The molecule has 20 heavy (non-hydrogen) atoms. The first kappa shape index (κ1) is 14.9. The molecule has 0 saturated heterocycles. The van der Waals surface area contributed by atoms with Crippen LogP contribution >= 0.6 is 27.5 Å². The van der Waals surface area contributed by atoms with Crippen LogP contribution in [-0.4, -0.2) is 19.4 Å². The molecule has 0 heterocycles. The lowest BCUT2D eigenvalue weighted by molar-refractivity contribution is 0.101. The summed E-state index contributed by atoms with van der Waals surface area (Å²) in [7, 11) is 1.54. The largest absolute Gasteiger partial charge is 0.495 e. The fourth-order valence-corrected chi connectivity index (χ4v) is 2.21. The van der Waals surface area contributed by atoms with Gasteiger partial charge in [-0.15, -0.1) is 0 Å². The molecule has 1 N–H and O–H groups in total. The van der Waals surface area contributed by atoms with Gasteiger partial charge in [0.1, 0.15) is 5.75 Å². The van der Waals surface area contributed by atoms with Gasteiger partial charge in [-0.25, -0.2) is 0 Å². The number of carbonyl (C=O) groups excluding carboxylic acids is 1. The lowest BCUT2D eigenvalue weighted by Crippen LogP contribution is -2.13. The molecule has 0 aliphatic rings. The summed E-state index contributed by atoms with van der Waals surface area (Å²) in [4.78, 5) is 12.1. The van der Waals surface area contributed by atoms with E-state index >= 15 is 0 Å². The van der Waals surface area contributed by atoms with Crippen molar-refractivity contribution in [2.45, 2.75) is 0 Å². The molecular formula is C15H13BrClNO2. The Morgan fingerprint density at radius 2 is 1.95 bits per heavy atom. The van der Waals surface area contributed by atoms with Gasteiger partial charge in [-0.1, -0.05) is 27.5 Å². The van der Waals surface area contributed by atoms with Gasteiger partial charge < -0.3 is 10.1 Å². The van der Waals surface area contributed by atoms with E-state index < -0.39 is 0 Å². The minimum Gasteiger partial charge on any atom is -0.495 e. The highest BCUT2D eigenvalue weighted by atomic mass is 79.9. The molecule has 0 atom stereocenters. The first-order valence-electron chi connectivity index (χ1n) is 5.96. The third-order valence-corrected chi connectivity index (χ3v) is 3.60. The highest BCUT2D eigenvalue weighted by Gasteiger charge is 2.09. The van der Waals surface area contributed by atoms with Gasteiger partial charge in [0.25, 0.3) is 0 Å². The Kier molecular flexibility index (Phi) is 5.04. The van der Waals surface area contributed by atoms with Crippen molar-refractivity contribution < 1.29 is 9.53 Å². The molecule has 0 bridgehead atoms. The van der Waals surface area contributed by atoms with Gasteiger partial charge in [0.15, 0.2) is 5.78 Å². The monoisotopic (exact) mass is 353 g/mol. The zero-order valence-electron chi connectivity index (χ0n) is 10.8. The number of anilines is 1. The highest BCUT2D eigenvalue weighted by Crippen LogP contribution is 2.25. The number of ether oxygens (including phenoxy) is 1. The van der Waals surface area contributed by atoms with Crippen molar-refractivity contribution in [2.24, 2.45) is 0 Å². The summed E-state index contributed by atoms with van der Waals surface area (Å²) in [6.45, 7) is 0.213. The summed E-state index contributed by atoms with van der Waals surface area (Å²) in [5.74, 6) is 0.529. The van der Waals surface area contributed by atoms with E-state index in [4.69, 9.17) is 16.3 Å². The van der Waals surface area contributed by atoms with E-state index in [1.165, 1.54) is 7.11 Å². The third-order valence-electron chi connectivity index (χ3n) is 2.77. The Morgan fingerprint density at radius 1 is 1.25 bits per heavy atom. The van der Waals surface area contributed by atoms with E-state index in [-0.39, 0.29) is 12.3 Å². The molecule has 0 amide bonds. The van der Waals surface area contributed by atoms with Crippen LogP contribution in [0.5, 0.6) is 5.75 Å². The third kappa shape index (κ3) is 3.74. The van der Waals surface area contributed by atoms with E-state index in [1.807, 2.05) is 24.3 Å². The number of rotatable bonds is 5. The van der Waals surface area contributed by atoms with Crippen LogP contribution in [0.1, 0.15) is 10.4 Å². The Hall–Kier alpha value is -1.52. The van der Waals surface area contributed by atoms with Crippen LogP contribution in [0, 0.1) is 0 Å². The van der Waals surface area contributed by atoms with Crippen LogP contribution in [0.4, 0.5) is 5.69 Å². The number of hydrogen-bond donors (Lipinski definition) is 1. The number of methoxy groups -OCH3 is 1. The highest BCUT2D eigenvalue weighted by molar-refractivity contribution is 9.10. The van der Waals surface area contributed by atoms with Crippen molar-refractivity contribution in [3.63, 3.8) is 0 Å². The van der Waals surface area contributed by atoms with Gasteiger partial charge in [-0.2, -0.15) is 0 Å². The summed E-state index contributed by atoms with van der Waals surface area (Å²) in [5, 5.41) is 3.51. The standard InChI is InChI=1S/C15H13BrClNO2/c1-20-15-7-2-10(8-13(15)17)14(19)9-18-12-5-3-11(16)4-6-12/h2-8,18H,9H2,1H3. The Labute approximate surface area is 131 Å². The van der Waals surface area contributed by atoms with Crippen molar-refractivity contribution in [3.05, 3.63) is 57.5 Å². The molecule has 0 spiro atoms. The van der Waals surface area contributed by atoms with Gasteiger partial charge in [-0.05, 0) is 42.5 Å². The van der Waals surface area contributed by atoms with Gasteiger partial charge in [0, 0.05) is 15.7 Å². The number of nitrogens with one attached hydrogen (secondary N) is 1. The normalized spacial score (nSPS) is 10.2. The number of carbonyl (C=O) groups is 1. The SMILES string of the molecule is COc1ccc(C(=O)CNc2ccc(Br)cc2)cc1Cl. The van der Waals surface area contributed by atoms with Gasteiger partial charge in [-0.3, -0.25) is 4.79 Å². The van der Waals surface area contributed by atoms with Crippen molar-refractivity contribution in [1.29, 1.82) is 0 Å². The van der Waals surface area contributed by atoms with Gasteiger partial charge in [0.2, 0.25) is 0 Å². The predicted octanol–water partition coefficient (Wildman–Crippen LogP) is 4.41. The lowest BCUT2D eigenvalue weighted by Gasteiger charge is -2.08. The summed E-state index contributed by atoms with van der Waals surface area (Å²) < 4.78 is 6.05. The van der Waals surface area contributed by atoms with E-state index in [9.17, 15) is 4.79 Å². The minimum absolute atomic E-state index is 0.0301. The van der Waals surface area contributed by atoms with Crippen LogP contribution in [0.2, 0.25) is 5.02 Å². The zero-order valence-corrected chi connectivity index (χ0v) is 13.2. The zero-order chi connectivity index (χ0) is 14.5. The van der Waals surface area contributed by atoms with Crippen molar-refractivity contribution in [2.75, 3.05) is 19.0 Å². The molecule has 2 rings (SSSR count). The molecule has 0 unspecified atom stereocenters. The molecule has 3 nitrogen and oxygen atoms in total. The van der Waals surface area contributed by atoms with Crippen LogP contribution in [-0.2, 0) is 0 Å². The second-order valence-corrected chi connectivity index (χ2v) is 5.46. The predicted molar refractivity (Wildman–Crippen MR) is 85.0 cm³/mol. The summed E-state index contributed by atoms with van der Waals surface area (Å²) >= 11 is 9.37. The van der Waals surface area contributed by atoms with Crippen molar-refractivity contribution >= 4 is 39.0 Å². The molecule has 2 aromatic rings. The quantitative estimate of drug-likeness (QED) is 0.809. The molecule has 5 heteroatoms. The molecular weight excluding hydrogens is 342 g/mol. The minimum atomic E-state index is -0.0301. The van der Waals surface area contributed by atoms with Crippen LogP contribution in [0.15, 0.2) is 46.9 Å². The number of halogens is 2. The number of ketones is 1. The first-order valence-corrected chi connectivity index (χ1v) is 7.13. The number of benzene rings is 2. The topological polar surface area (TPSA) is 38.3 Å².